The van der Waals surface area contributed by atoms with Gasteiger partial charge in [-0.05, 0) is 12.5 Å². The van der Waals surface area contributed by atoms with E-state index in [9.17, 15) is 5.11 Å². The van der Waals surface area contributed by atoms with Crippen molar-refractivity contribution in [3.63, 3.8) is 0 Å². The number of nitrogens with zero attached hydrogens (tertiary/aromatic N) is 4. The molecule has 1 aromatic heterocycles. The highest BCUT2D eigenvalue weighted by Crippen LogP contribution is 2.25. The molecule has 0 saturated heterocycles. The molecule has 0 bridgehead atoms. The molecule has 3 heterocycles. The molecule has 0 radical (unpaired) electrons. The molecule has 8 nitrogen and oxygen atoms in total. The van der Waals surface area contributed by atoms with Gasteiger partial charge in [0.2, 0.25) is 0 Å². The maximum absolute atomic E-state index is 9.50. The number of fused-ring (bicyclic) bond motifs is 2. The molecule has 2 aliphatic rings. The largest absolute Gasteiger partial charge is 0.481 e. The molecule has 0 amide bonds. The predicted octanol–water partition coefficient (Wildman–Crippen LogP) is 2.26. The van der Waals surface area contributed by atoms with Crippen LogP contribution in [0.2, 0.25) is 0 Å². The Balaban J connectivity index is 1.53. The van der Waals surface area contributed by atoms with E-state index in [1.54, 1.807) is 7.11 Å². The number of aromatic nitrogens is 2. The molecule has 1 atom stereocenters. The lowest BCUT2D eigenvalue weighted by Gasteiger charge is -2.18. The third kappa shape index (κ3) is 3.63. The number of aryl methyl sites for hydroxylation is 1. The highest BCUT2D eigenvalue weighted by Gasteiger charge is 2.30. The summed E-state index contributed by atoms with van der Waals surface area (Å²) in [6.07, 6.45) is 1.43. The summed E-state index contributed by atoms with van der Waals surface area (Å²) in [5, 5.41) is 22.1. The molecule has 142 valence electrons. The van der Waals surface area contributed by atoms with Crippen molar-refractivity contribution in [2.75, 3.05) is 13.7 Å². The van der Waals surface area contributed by atoms with Gasteiger partial charge in [-0.15, -0.1) is 0 Å². The Kier molecular flexibility index (Phi) is 5.00. The van der Waals surface area contributed by atoms with Crippen molar-refractivity contribution in [3.05, 3.63) is 40.8 Å². The van der Waals surface area contributed by atoms with E-state index >= 15 is 0 Å². The van der Waals surface area contributed by atoms with Gasteiger partial charge in [-0.2, -0.15) is 10.1 Å². The number of halogens is 1. The molecule has 1 unspecified atom stereocenters. The number of aliphatic hydroxyl groups is 1. The minimum absolute atomic E-state index is 0.120. The van der Waals surface area contributed by atoms with Crippen molar-refractivity contribution in [2.45, 2.75) is 32.0 Å². The van der Waals surface area contributed by atoms with Crippen molar-refractivity contribution in [1.82, 2.24) is 20.4 Å². The quantitative estimate of drug-likeness (QED) is 0.632. The Hall–Kier alpha value is -2.58. The van der Waals surface area contributed by atoms with E-state index in [1.165, 1.54) is 0 Å². The Bertz CT molecular complexity index is 948. The van der Waals surface area contributed by atoms with E-state index in [1.807, 2.05) is 16.8 Å². The molecular weight excluding hydrogens is 368 g/mol. The Morgan fingerprint density at radius 3 is 3.07 bits per heavy atom. The lowest BCUT2D eigenvalue weighted by Crippen LogP contribution is -2.35. The summed E-state index contributed by atoms with van der Waals surface area (Å²) in [6.45, 7) is 1.99. The van der Waals surface area contributed by atoms with Crippen molar-refractivity contribution in [2.24, 2.45) is 9.98 Å². The zero-order chi connectivity index (χ0) is 18.8. The first-order valence-electron chi connectivity index (χ1n) is 8.84. The molecule has 4 rings (SSSR count). The fraction of sp³-hybridized carbons (Fsp3) is 0.389. The van der Waals surface area contributed by atoms with Gasteiger partial charge < -0.3 is 20.5 Å². The van der Waals surface area contributed by atoms with Crippen molar-refractivity contribution < 1.29 is 9.84 Å². The van der Waals surface area contributed by atoms with Gasteiger partial charge >= 0.3 is 0 Å². The summed E-state index contributed by atoms with van der Waals surface area (Å²) in [4.78, 5) is 8.42. The highest BCUT2D eigenvalue weighted by molar-refractivity contribution is 6.30. The van der Waals surface area contributed by atoms with Crippen molar-refractivity contribution >= 4 is 34.4 Å². The van der Waals surface area contributed by atoms with Crippen molar-refractivity contribution in [1.29, 1.82) is 0 Å². The normalized spacial score (nSPS) is 19.0. The number of aliphatic imine (C=N–C) groups is 2. The average molecular weight is 389 g/mol. The van der Waals surface area contributed by atoms with Crippen LogP contribution in [0.1, 0.15) is 18.5 Å². The number of aliphatic hydroxyl groups excluding tert-OH is 1. The van der Waals surface area contributed by atoms with Gasteiger partial charge in [-0.1, -0.05) is 29.8 Å². The zero-order valence-electron chi connectivity index (χ0n) is 14.9. The summed E-state index contributed by atoms with van der Waals surface area (Å²) in [7, 11) is 1.70. The minimum Gasteiger partial charge on any atom is -0.481 e. The van der Waals surface area contributed by atoms with Crippen LogP contribution in [0.5, 0.6) is 0 Å². The van der Waals surface area contributed by atoms with Crippen LogP contribution >= 0.6 is 11.6 Å². The number of para-hydroxylation sites is 1. The van der Waals surface area contributed by atoms with Gasteiger partial charge in [0.05, 0.1) is 28.8 Å². The lowest BCUT2D eigenvalue weighted by atomic mass is 10.1. The second-order valence-electron chi connectivity index (χ2n) is 6.45. The average Bonchev–Trinajstić information content (AvgIpc) is 3.19. The van der Waals surface area contributed by atoms with Gasteiger partial charge in [0.1, 0.15) is 5.82 Å². The minimum atomic E-state index is -0.163. The maximum Gasteiger partial charge on any atom is 0.289 e. The van der Waals surface area contributed by atoms with E-state index in [-0.39, 0.29) is 12.1 Å². The monoisotopic (exact) mass is 388 g/mol. The molecule has 27 heavy (non-hydrogen) atoms. The van der Waals surface area contributed by atoms with Crippen LogP contribution in [0.15, 0.2) is 45.1 Å². The Morgan fingerprint density at radius 2 is 2.22 bits per heavy atom. The summed E-state index contributed by atoms with van der Waals surface area (Å²) in [6, 6.07) is 7.87. The number of hydrogen-bond acceptors (Lipinski definition) is 6. The number of rotatable bonds is 7. The van der Waals surface area contributed by atoms with Gasteiger partial charge in [0.15, 0.2) is 5.84 Å². The number of benzene rings is 1. The first-order valence-corrected chi connectivity index (χ1v) is 9.22. The molecule has 0 spiro atoms. The molecule has 1 aromatic carbocycles. The van der Waals surface area contributed by atoms with Crippen LogP contribution in [0.25, 0.3) is 10.9 Å². The van der Waals surface area contributed by atoms with Crippen LogP contribution in [-0.4, -0.2) is 46.5 Å². The smallest absolute Gasteiger partial charge is 0.289 e. The van der Waals surface area contributed by atoms with Crippen LogP contribution in [0.3, 0.4) is 0 Å². The molecule has 0 fully saturated rings. The van der Waals surface area contributed by atoms with E-state index in [4.69, 9.17) is 21.4 Å². The lowest BCUT2D eigenvalue weighted by molar-refractivity contribution is 0.189. The Labute approximate surface area is 161 Å². The zero-order valence-corrected chi connectivity index (χ0v) is 15.7. The second-order valence-corrected chi connectivity index (χ2v) is 6.90. The van der Waals surface area contributed by atoms with Gasteiger partial charge in [-0.25, -0.2) is 4.99 Å². The van der Waals surface area contributed by atoms with Gasteiger partial charge in [0.25, 0.3) is 6.02 Å². The van der Waals surface area contributed by atoms with Crippen molar-refractivity contribution in [3.8, 4) is 0 Å². The SMILES string of the molecule is COCCCn1nc(CNC2=C(Cl)CC3NC(O)=NC3=N2)c2ccccc21. The number of amidine groups is 2. The van der Waals surface area contributed by atoms with E-state index in [0.717, 1.165) is 29.6 Å². The topological polar surface area (TPSA) is 96.1 Å². The highest BCUT2D eigenvalue weighted by atomic mass is 35.5. The molecule has 0 saturated carbocycles. The molecule has 2 aliphatic heterocycles. The third-order valence-electron chi connectivity index (χ3n) is 4.58. The molecule has 2 aromatic rings. The summed E-state index contributed by atoms with van der Waals surface area (Å²) < 4.78 is 7.15. The number of hydrogen-bond donors (Lipinski definition) is 3. The van der Waals surface area contributed by atoms with Gasteiger partial charge in [-0.3, -0.25) is 4.68 Å². The second kappa shape index (κ2) is 7.58. The summed E-state index contributed by atoms with van der Waals surface area (Å²) in [5.41, 5.74) is 2.02. The Morgan fingerprint density at radius 1 is 1.37 bits per heavy atom. The molecule has 0 aliphatic carbocycles. The first-order chi connectivity index (χ1) is 13.2. The van der Waals surface area contributed by atoms with Crippen LogP contribution < -0.4 is 10.6 Å². The van der Waals surface area contributed by atoms with Crippen LogP contribution in [-0.2, 0) is 17.8 Å². The van der Waals surface area contributed by atoms with E-state index < -0.39 is 0 Å². The van der Waals surface area contributed by atoms with E-state index in [0.29, 0.717) is 36.3 Å². The molecule has 9 heteroatoms. The van der Waals surface area contributed by atoms with Crippen LogP contribution in [0.4, 0.5) is 0 Å². The standard InChI is InChI=1S/C18H21ClN6O2/c1-27-8-4-7-25-15-6-3-2-5-11(15)14(24-25)10-20-16-12(19)9-13-17(22-16)23-18(26)21-13/h2-3,5-6,13,20H,4,7-10H2,1H3,(H2,21,22,23,26). The number of nitrogens with one attached hydrogen (secondary N) is 2. The third-order valence-corrected chi connectivity index (χ3v) is 4.91. The van der Waals surface area contributed by atoms with E-state index in [2.05, 4.69) is 32.8 Å². The summed E-state index contributed by atoms with van der Waals surface area (Å²) in [5.74, 6) is 1.11. The first kappa shape index (κ1) is 17.8. The fourth-order valence-electron chi connectivity index (χ4n) is 3.29. The summed E-state index contributed by atoms with van der Waals surface area (Å²) >= 11 is 6.37. The molecular formula is C18H21ClN6O2. The maximum atomic E-state index is 9.50. The van der Waals surface area contributed by atoms with Gasteiger partial charge in [0, 0.05) is 32.1 Å². The predicted molar refractivity (Wildman–Crippen MR) is 105 cm³/mol. The number of methoxy groups -OCH3 is 1. The number of ether oxygens (including phenoxy) is 1. The molecule has 3 N–H and O–H groups in total. The fourth-order valence-corrected chi connectivity index (χ4v) is 3.56. The van der Waals surface area contributed by atoms with Crippen LogP contribution in [0, 0.1) is 0 Å².